The Balaban J connectivity index is 1.87. The standard InChI is InChI=1S/C9H15NO3/c1-2-5-12-13-9-4-3-7(6-9)8(11)10-9/h7H,2-6H2,1H3,(H,10,11). The third-order valence-electron chi connectivity index (χ3n) is 2.70. The van der Waals surface area contributed by atoms with Crippen LogP contribution in [-0.2, 0) is 14.6 Å². The van der Waals surface area contributed by atoms with E-state index in [1.54, 1.807) is 0 Å². The van der Waals surface area contributed by atoms with Crippen LogP contribution in [0.5, 0.6) is 0 Å². The van der Waals surface area contributed by atoms with Crippen molar-refractivity contribution in [3.8, 4) is 0 Å². The second-order valence-corrected chi connectivity index (χ2v) is 3.83. The summed E-state index contributed by atoms with van der Waals surface area (Å²) in [5, 5.41) is 2.84. The lowest BCUT2D eigenvalue weighted by Gasteiger charge is -2.25. The SMILES string of the molecule is CCCOOC12CCC(C1)C(=O)N2. The number of carbonyl (C=O) groups excluding carboxylic acids is 1. The van der Waals surface area contributed by atoms with Gasteiger partial charge in [-0.15, -0.1) is 0 Å². The molecule has 0 spiro atoms. The highest BCUT2D eigenvalue weighted by Gasteiger charge is 2.52. The minimum atomic E-state index is -0.489. The van der Waals surface area contributed by atoms with Crippen molar-refractivity contribution in [3.05, 3.63) is 0 Å². The quantitative estimate of drug-likeness (QED) is 0.403. The van der Waals surface area contributed by atoms with Crippen LogP contribution in [0.15, 0.2) is 0 Å². The number of piperidine rings is 1. The van der Waals surface area contributed by atoms with Crippen LogP contribution in [0.3, 0.4) is 0 Å². The van der Waals surface area contributed by atoms with E-state index in [1.807, 2.05) is 6.92 Å². The predicted octanol–water partition coefficient (Wildman–Crippen LogP) is 0.971. The molecule has 1 aliphatic heterocycles. The first-order valence-electron chi connectivity index (χ1n) is 4.88. The molecular formula is C9H15NO3. The number of amides is 1. The van der Waals surface area contributed by atoms with E-state index in [-0.39, 0.29) is 11.8 Å². The van der Waals surface area contributed by atoms with Crippen LogP contribution in [0, 0.1) is 5.92 Å². The van der Waals surface area contributed by atoms with Gasteiger partial charge in [0.2, 0.25) is 5.91 Å². The van der Waals surface area contributed by atoms with E-state index < -0.39 is 5.72 Å². The molecule has 4 heteroatoms. The van der Waals surface area contributed by atoms with Crippen LogP contribution in [-0.4, -0.2) is 18.2 Å². The van der Waals surface area contributed by atoms with E-state index in [4.69, 9.17) is 9.78 Å². The van der Waals surface area contributed by atoms with Crippen molar-refractivity contribution in [2.45, 2.75) is 38.3 Å². The number of nitrogens with one attached hydrogen (secondary N) is 1. The van der Waals surface area contributed by atoms with Gasteiger partial charge in [0.05, 0.1) is 6.61 Å². The lowest BCUT2D eigenvalue weighted by Crippen LogP contribution is -2.45. The summed E-state index contributed by atoms with van der Waals surface area (Å²) in [6.07, 6.45) is 3.51. The summed E-state index contributed by atoms with van der Waals surface area (Å²) in [6.45, 7) is 2.61. The lowest BCUT2D eigenvalue weighted by molar-refractivity contribution is -0.363. The molecule has 0 radical (unpaired) electrons. The maximum Gasteiger partial charge on any atom is 0.225 e. The molecule has 1 aliphatic carbocycles. The predicted molar refractivity (Wildman–Crippen MR) is 45.5 cm³/mol. The van der Waals surface area contributed by atoms with Gasteiger partial charge in [-0.1, -0.05) is 6.92 Å². The van der Waals surface area contributed by atoms with Crippen molar-refractivity contribution >= 4 is 5.91 Å². The minimum absolute atomic E-state index is 0.117. The van der Waals surface area contributed by atoms with E-state index in [2.05, 4.69) is 5.32 Å². The average molecular weight is 185 g/mol. The lowest BCUT2D eigenvalue weighted by atomic mass is 10.1. The number of hydrogen-bond donors (Lipinski definition) is 1. The molecule has 2 atom stereocenters. The summed E-state index contributed by atoms with van der Waals surface area (Å²) in [5.41, 5.74) is -0.489. The van der Waals surface area contributed by atoms with E-state index >= 15 is 0 Å². The summed E-state index contributed by atoms with van der Waals surface area (Å²) in [6, 6.07) is 0. The van der Waals surface area contributed by atoms with Crippen molar-refractivity contribution in [1.29, 1.82) is 0 Å². The van der Waals surface area contributed by atoms with Crippen molar-refractivity contribution in [3.63, 3.8) is 0 Å². The van der Waals surface area contributed by atoms with Gasteiger partial charge in [0.1, 0.15) is 0 Å². The first-order valence-corrected chi connectivity index (χ1v) is 4.88. The molecule has 1 amide bonds. The zero-order chi connectivity index (χ0) is 9.31. The molecular weight excluding hydrogens is 170 g/mol. The van der Waals surface area contributed by atoms with Crippen molar-refractivity contribution in [1.82, 2.24) is 5.32 Å². The summed E-state index contributed by atoms with van der Waals surface area (Å²) >= 11 is 0. The van der Waals surface area contributed by atoms with Gasteiger partial charge in [-0.25, -0.2) is 9.78 Å². The Labute approximate surface area is 77.5 Å². The van der Waals surface area contributed by atoms with Crippen LogP contribution in [0.25, 0.3) is 0 Å². The molecule has 4 nitrogen and oxygen atoms in total. The largest absolute Gasteiger partial charge is 0.325 e. The third-order valence-corrected chi connectivity index (χ3v) is 2.70. The van der Waals surface area contributed by atoms with Crippen LogP contribution >= 0.6 is 0 Å². The molecule has 0 aromatic rings. The van der Waals surface area contributed by atoms with Crippen LogP contribution in [0.4, 0.5) is 0 Å². The minimum Gasteiger partial charge on any atom is -0.325 e. The molecule has 2 aliphatic rings. The number of fused-ring (bicyclic) bond motifs is 2. The van der Waals surface area contributed by atoms with E-state index in [0.717, 1.165) is 25.7 Å². The molecule has 2 fully saturated rings. The molecule has 1 heterocycles. The highest BCUT2D eigenvalue weighted by Crippen LogP contribution is 2.41. The molecule has 1 N–H and O–H groups in total. The van der Waals surface area contributed by atoms with Gasteiger partial charge in [0, 0.05) is 12.3 Å². The maximum atomic E-state index is 11.2. The Kier molecular flexibility index (Phi) is 2.26. The first kappa shape index (κ1) is 8.97. The first-order chi connectivity index (χ1) is 6.26. The number of carbonyl (C=O) groups is 1. The van der Waals surface area contributed by atoms with Crippen molar-refractivity contribution < 1.29 is 14.6 Å². The second-order valence-electron chi connectivity index (χ2n) is 3.83. The van der Waals surface area contributed by atoms with Gasteiger partial charge in [-0.2, -0.15) is 0 Å². The molecule has 2 bridgehead atoms. The van der Waals surface area contributed by atoms with Gasteiger partial charge >= 0.3 is 0 Å². The van der Waals surface area contributed by atoms with Crippen LogP contribution < -0.4 is 5.32 Å². The maximum absolute atomic E-state index is 11.2. The zero-order valence-electron chi connectivity index (χ0n) is 7.84. The van der Waals surface area contributed by atoms with Crippen LogP contribution in [0.2, 0.25) is 0 Å². The Bertz CT molecular complexity index is 219. The highest BCUT2D eigenvalue weighted by atomic mass is 17.2. The van der Waals surface area contributed by atoms with Crippen molar-refractivity contribution in [2.75, 3.05) is 6.61 Å². The average Bonchev–Trinajstić information content (AvgIpc) is 2.62. The fraction of sp³-hybridized carbons (Fsp3) is 0.889. The topological polar surface area (TPSA) is 47.6 Å². The molecule has 1 saturated heterocycles. The monoisotopic (exact) mass is 185 g/mol. The van der Waals surface area contributed by atoms with Gasteiger partial charge in [0.25, 0.3) is 0 Å². The molecule has 2 unspecified atom stereocenters. The summed E-state index contributed by atoms with van der Waals surface area (Å²) in [7, 11) is 0. The highest BCUT2D eigenvalue weighted by molar-refractivity contribution is 5.82. The molecule has 74 valence electrons. The Hall–Kier alpha value is -0.610. The summed E-state index contributed by atoms with van der Waals surface area (Å²) in [5.74, 6) is 0.275. The second kappa shape index (κ2) is 3.27. The summed E-state index contributed by atoms with van der Waals surface area (Å²) < 4.78 is 0. The Morgan fingerprint density at radius 3 is 3.08 bits per heavy atom. The van der Waals surface area contributed by atoms with Gasteiger partial charge < -0.3 is 5.32 Å². The van der Waals surface area contributed by atoms with E-state index in [1.165, 1.54) is 0 Å². The molecule has 13 heavy (non-hydrogen) atoms. The smallest absolute Gasteiger partial charge is 0.225 e. The van der Waals surface area contributed by atoms with E-state index in [9.17, 15) is 4.79 Å². The third kappa shape index (κ3) is 1.56. The summed E-state index contributed by atoms with van der Waals surface area (Å²) in [4.78, 5) is 21.5. The number of rotatable bonds is 4. The fourth-order valence-electron chi connectivity index (χ4n) is 2.01. The Morgan fingerprint density at radius 2 is 2.54 bits per heavy atom. The van der Waals surface area contributed by atoms with Gasteiger partial charge in [-0.3, -0.25) is 4.79 Å². The van der Waals surface area contributed by atoms with E-state index in [0.29, 0.717) is 6.61 Å². The van der Waals surface area contributed by atoms with Crippen LogP contribution in [0.1, 0.15) is 32.6 Å². The zero-order valence-corrected chi connectivity index (χ0v) is 7.84. The molecule has 0 aromatic heterocycles. The number of hydrogen-bond acceptors (Lipinski definition) is 3. The van der Waals surface area contributed by atoms with Gasteiger partial charge in [0.15, 0.2) is 5.72 Å². The Morgan fingerprint density at radius 1 is 1.69 bits per heavy atom. The fourth-order valence-corrected chi connectivity index (χ4v) is 2.01. The van der Waals surface area contributed by atoms with Gasteiger partial charge in [-0.05, 0) is 19.3 Å². The normalized spacial score (nSPS) is 36.7. The molecule has 0 aromatic carbocycles. The molecule has 1 saturated carbocycles. The molecule has 2 rings (SSSR count). The van der Waals surface area contributed by atoms with Crippen molar-refractivity contribution in [2.24, 2.45) is 5.92 Å².